The van der Waals surface area contributed by atoms with Gasteiger partial charge in [-0.05, 0) is 37.2 Å². The number of carbonyl (C=O) groups excluding carboxylic acids is 1. The number of hydrogen-bond acceptors (Lipinski definition) is 2. The van der Waals surface area contributed by atoms with Gasteiger partial charge in [-0.15, -0.1) is 0 Å². The molecule has 0 saturated heterocycles. The van der Waals surface area contributed by atoms with E-state index in [1.807, 2.05) is 31.2 Å². The van der Waals surface area contributed by atoms with Crippen LogP contribution in [0.4, 0.5) is 0 Å². The third kappa shape index (κ3) is 4.49. The van der Waals surface area contributed by atoms with Crippen molar-refractivity contribution in [3.05, 3.63) is 35.4 Å². The highest BCUT2D eigenvalue weighted by atomic mass is 16.1. The fourth-order valence-electron chi connectivity index (χ4n) is 1.81. The highest BCUT2D eigenvalue weighted by Gasteiger charge is 2.05. The predicted molar refractivity (Wildman–Crippen MR) is 75.7 cm³/mol. The Bertz CT molecular complexity index is 355. The van der Waals surface area contributed by atoms with Gasteiger partial charge in [0.05, 0.1) is 0 Å². The van der Waals surface area contributed by atoms with Crippen LogP contribution >= 0.6 is 0 Å². The maximum atomic E-state index is 11.7. The number of rotatable bonds is 7. The van der Waals surface area contributed by atoms with Crippen molar-refractivity contribution >= 4 is 5.91 Å². The Balaban J connectivity index is 2.59. The van der Waals surface area contributed by atoms with E-state index in [4.69, 9.17) is 0 Å². The average Bonchev–Trinajstić information content (AvgIpc) is 2.42. The lowest BCUT2D eigenvalue weighted by Crippen LogP contribution is -2.24. The lowest BCUT2D eigenvalue weighted by Gasteiger charge is -2.18. The van der Waals surface area contributed by atoms with Gasteiger partial charge in [0.1, 0.15) is 0 Å². The highest BCUT2D eigenvalue weighted by molar-refractivity contribution is 5.94. The fourth-order valence-corrected chi connectivity index (χ4v) is 1.81. The van der Waals surface area contributed by atoms with E-state index >= 15 is 0 Å². The monoisotopic (exact) mass is 248 g/mol. The van der Waals surface area contributed by atoms with Gasteiger partial charge in [0, 0.05) is 18.7 Å². The second kappa shape index (κ2) is 7.88. The molecule has 3 nitrogen and oxygen atoms in total. The van der Waals surface area contributed by atoms with Crippen LogP contribution in [0.25, 0.3) is 0 Å². The van der Waals surface area contributed by atoms with Crippen molar-refractivity contribution in [1.29, 1.82) is 0 Å². The van der Waals surface area contributed by atoms with Crippen molar-refractivity contribution in [2.45, 2.75) is 33.7 Å². The Morgan fingerprint density at radius 3 is 2.22 bits per heavy atom. The third-order valence-corrected chi connectivity index (χ3v) is 3.05. The summed E-state index contributed by atoms with van der Waals surface area (Å²) >= 11 is 0. The molecule has 1 rings (SSSR count). The van der Waals surface area contributed by atoms with Gasteiger partial charge in [-0.1, -0.05) is 32.9 Å². The molecule has 1 N–H and O–H groups in total. The van der Waals surface area contributed by atoms with Crippen LogP contribution in [0.5, 0.6) is 0 Å². The Morgan fingerprint density at radius 1 is 1.11 bits per heavy atom. The lowest BCUT2D eigenvalue weighted by molar-refractivity contribution is 0.0953. The van der Waals surface area contributed by atoms with Crippen LogP contribution in [0.2, 0.25) is 0 Å². The zero-order valence-electron chi connectivity index (χ0n) is 11.7. The van der Waals surface area contributed by atoms with Crippen LogP contribution in [0, 0.1) is 0 Å². The third-order valence-electron chi connectivity index (χ3n) is 3.05. The van der Waals surface area contributed by atoms with Gasteiger partial charge < -0.3 is 5.32 Å². The van der Waals surface area contributed by atoms with Crippen molar-refractivity contribution in [1.82, 2.24) is 10.2 Å². The molecular formula is C15H24N2O. The van der Waals surface area contributed by atoms with Gasteiger partial charge in [0.15, 0.2) is 0 Å². The largest absolute Gasteiger partial charge is 0.352 e. The molecule has 1 amide bonds. The molecule has 0 aliphatic rings. The first kappa shape index (κ1) is 14.7. The number of hydrogen-bond donors (Lipinski definition) is 1. The van der Waals surface area contributed by atoms with Gasteiger partial charge in [0.25, 0.3) is 5.91 Å². The first-order chi connectivity index (χ1) is 8.71. The minimum absolute atomic E-state index is 0.0197. The van der Waals surface area contributed by atoms with Crippen molar-refractivity contribution in [2.75, 3.05) is 19.6 Å². The summed E-state index contributed by atoms with van der Waals surface area (Å²) in [5, 5.41) is 2.88. The summed E-state index contributed by atoms with van der Waals surface area (Å²) in [6.07, 6.45) is 0.964. The summed E-state index contributed by atoms with van der Waals surface area (Å²) in [5.74, 6) is 0.0197. The zero-order chi connectivity index (χ0) is 13.4. The minimum Gasteiger partial charge on any atom is -0.352 e. The van der Waals surface area contributed by atoms with Crippen molar-refractivity contribution < 1.29 is 4.79 Å². The molecule has 100 valence electrons. The van der Waals surface area contributed by atoms with Crippen molar-refractivity contribution in [3.8, 4) is 0 Å². The van der Waals surface area contributed by atoms with Crippen LogP contribution in [0.15, 0.2) is 24.3 Å². The molecule has 0 unspecified atom stereocenters. The SMILES string of the molecule is CCCNC(=O)c1ccc(CN(CC)CC)cc1. The topological polar surface area (TPSA) is 32.3 Å². The fraction of sp³-hybridized carbons (Fsp3) is 0.533. The first-order valence-electron chi connectivity index (χ1n) is 6.80. The zero-order valence-corrected chi connectivity index (χ0v) is 11.7. The molecule has 0 bridgehead atoms. The average molecular weight is 248 g/mol. The molecule has 18 heavy (non-hydrogen) atoms. The summed E-state index contributed by atoms with van der Waals surface area (Å²) in [4.78, 5) is 14.1. The van der Waals surface area contributed by atoms with E-state index < -0.39 is 0 Å². The second-order valence-corrected chi connectivity index (χ2v) is 4.41. The molecule has 0 radical (unpaired) electrons. The molecule has 0 heterocycles. The Labute approximate surface area is 110 Å². The minimum atomic E-state index is 0.0197. The maximum absolute atomic E-state index is 11.7. The van der Waals surface area contributed by atoms with E-state index in [9.17, 15) is 4.79 Å². The van der Waals surface area contributed by atoms with Crippen molar-refractivity contribution in [2.24, 2.45) is 0 Å². The van der Waals surface area contributed by atoms with Crippen LogP contribution < -0.4 is 5.32 Å². The molecule has 0 fully saturated rings. The van der Waals surface area contributed by atoms with E-state index in [2.05, 4.69) is 24.1 Å². The molecule has 1 aromatic rings. The summed E-state index contributed by atoms with van der Waals surface area (Å²) in [6, 6.07) is 7.89. The maximum Gasteiger partial charge on any atom is 0.251 e. The molecule has 1 aromatic carbocycles. The molecular weight excluding hydrogens is 224 g/mol. The van der Waals surface area contributed by atoms with E-state index in [-0.39, 0.29) is 5.91 Å². The predicted octanol–water partition coefficient (Wildman–Crippen LogP) is 2.67. The number of amides is 1. The number of carbonyl (C=O) groups is 1. The molecule has 0 atom stereocenters. The standard InChI is InChI=1S/C15H24N2O/c1-4-11-16-15(18)14-9-7-13(8-10-14)12-17(5-2)6-3/h7-10H,4-6,11-12H2,1-3H3,(H,16,18). The number of nitrogens with zero attached hydrogens (tertiary/aromatic N) is 1. The summed E-state index contributed by atoms with van der Waals surface area (Å²) < 4.78 is 0. The molecule has 0 spiro atoms. The van der Waals surface area contributed by atoms with Crippen LogP contribution in [-0.2, 0) is 6.54 Å². The molecule has 0 aliphatic carbocycles. The summed E-state index contributed by atoms with van der Waals surface area (Å²) in [6.45, 7) is 10.2. The van der Waals surface area contributed by atoms with E-state index in [0.29, 0.717) is 0 Å². The van der Waals surface area contributed by atoms with E-state index in [1.165, 1.54) is 5.56 Å². The molecule has 0 saturated carbocycles. The number of nitrogens with one attached hydrogen (secondary N) is 1. The van der Waals surface area contributed by atoms with Crippen LogP contribution in [0.3, 0.4) is 0 Å². The molecule has 0 aromatic heterocycles. The van der Waals surface area contributed by atoms with Crippen LogP contribution in [0.1, 0.15) is 43.1 Å². The van der Waals surface area contributed by atoms with Gasteiger partial charge >= 0.3 is 0 Å². The van der Waals surface area contributed by atoms with Crippen LogP contribution in [-0.4, -0.2) is 30.4 Å². The normalized spacial score (nSPS) is 10.7. The Morgan fingerprint density at radius 2 is 1.72 bits per heavy atom. The van der Waals surface area contributed by atoms with Gasteiger partial charge in [-0.3, -0.25) is 9.69 Å². The van der Waals surface area contributed by atoms with E-state index in [1.54, 1.807) is 0 Å². The Kier molecular flexibility index (Phi) is 6.44. The summed E-state index contributed by atoms with van der Waals surface area (Å²) in [5.41, 5.74) is 2.00. The van der Waals surface area contributed by atoms with Gasteiger partial charge in [0.2, 0.25) is 0 Å². The van der Waals surface area contributed by atoms with E-state index in [0.717, 1.165) is 38.2 Å². The van der Waals surface area contributed by atoms with Gasteiger partial charge in [-0.2, -0.15) is 0 Å². The summed E-state index contributed by atoms with van der Waals surface area (Å²) in [7, 11) is 0. The second-order valence-electron chi connectivity index (χ2n) is 4.41. The molecule has 3 heteroatoms. The smallest absolute Gasteiger partial charge is 0.251 e. The lowest BCUT2D eigenvalue weighted by atomic mass is 10.1. The van der Waals surface area contributed by atoms with Gasteiger partial charge in [-0.25, -0.2) is 0 Å². The molecule has 0 aliphatic heterocycles. The quantitative estimate of drug-likeness (QED) is 0.804. The Hall–Kier alpha value is -1.35. The first-order valence-corrected chi connectivity index (χ1v) is 6.80. The number of benzene rings is 1. The highest BCUT2D eigenvalue weighted by Crippen LogP contribution is 2.07. The van der Waals surface area contributed by atoms with Crippen molar-refractivity contribution in [3.63, 3.8) is 0 Å².